The highest BCUT2D eigenvalue weighted by atomic mass is 35.5. The Hall–Kier alpha value is -2.18. The second-order valence-corrected chi connectivity index (χ2v) is 3.97. The molecule has 18 heavy (non-hydrogen) atoms. The number of halogens is 2. The van der Waals surface area contributed by atoms with Crippen molar-refractivity contribution >= 4 is 29.2 Å². The van der Waals surface area contributed by atoms with E-state index in [-0.39, 0.29) is 5.02 Å². The topological polar surface area (TPSA) is 16.7 Å². The molecule has 0 fully saturated rings. The zero-order valence-electron chi connectivity index (χ0n) is 9.27. The van der Waals surface area contributed by atoms with Gasteiger partial charge in [-0.15, -0.1) is 0 Å². The Morgan fingerprint density at radius 2 is 1.89 bits per heavy atom. The van der Waals surface area contributed by atoms with Crippen LogP contribution in [0, 0.1) is 12.4 Å². The molecule has 0 N–H and O–H groups in total. The average molecular weight is 259 g/mol. The van der Waals surface area contributed by atoms with Crippen LogP contribution in [0.2, 0.25) is 5.02 Å². The zero-order chi connectivity index (χ0) is 13.0. The second kappa shape index (κ2) is 5.44. The van der Waals surface area contributed by atoms with Gasteiger partial charge in [-0.25, -0.2) is 9.24 Å². The lowest BCUT2D eigenvalue weighted by Gasteiger charge is -1.97. The van der Waals surface area contributed by atoms with Crippen molar-refractivity contribution in [1.29, 1.82) is 0 Å². The van der Waals surface area contributed by atoms with Crippen molar-refractivity contribution < 1.29 is 4.39 Å². The lowest BCUT2D eigenvalue weighted by Crippen LogP contribution is -1.79. The van der Waals surface area contributed by atoms with Crippen molar-refractivity contribution in [3.05, 3.63) is 70.3 Å². The van der Waals surface area contributed by atoms with Gasteiger partial charge in [0.15, 0.2) is 5.69 Å². The molecule has 0 heterocycles. The Labute approximate surface area is 109 Å². The maximum atomic E-state index is 12.9. The van der Waals surface area contributed by atoms with Crippen LogP contribution < -0.4 is 0 Å². The minimum atomic E-state index is -0.461. The lowest BCUT2D eigenvalue weighted by atomic mass is 10.2. The Morgan fingerprint density at radius 1 is 1.17 bits per heavy atom. The molecule has 2 rings (SSSR count). The third-order valence-electron chi connectivity index (χ3n) is 2.29. The van der Waals surface area contributed by atoms with E-state index in [0.717, 1.165) is 5.56 Å². The average Bonchev–Trinajstić information content (AvgIpc) is 2.41. The van der Waals surface area contributed by atoms with Crippen LogP contribution in [0.1, 0.15) is 5.56 Å². The van der Waals surface area contributed by atoms with Crippen LogP contribution >= 0.6 is 11.6 Å². The highest BCUT2D eigenvalue weighted by molar-refractivity contribution is 6.31. The second-order valence-electron chi connectivity index (χ2n) is 3.56. The van der Waals surface area contributed by atoms with E-state index in [1.54, 1.807) is 36.5 Å². The Balaban J connectivity index is 2.19. The van der Waals surface area contributed by atoms with E-state index in [4.69, 9.17) is 18.2 Å². The fraction of sp³-hybridized carbons (Fsp3) is 0. The number of aliphatic imine (C=N–C) groups is 1. The Morgan fingerprint density at radius 3 is 2.50 bits per heavy atom. The van der Waals surface area contributed by atoms with Crippen LogP contribution in [0.15, 0.2) is 47.5 Å². The minimum Gasteiger partial charge on any atom is -0.256 e. The van der Waals surface area contributed by atoms with Crippen molar-refractivity contribution in [3.8, 4) is 0 Å². The van der Waals surface area contributed by atoms with Crippen molar-refractivity contribution in [1.82, 2.24) is 0 Å². The number of benzene rings is 2. The van der Waals surface area contributed by atoms with Gasteiger partial charge in [0.25, 0.3) is 0 Å². The van der Waals surface area contributed by atoms with Gasteiger partial charge in [0.1, 0.15) is 5.82 Å². The number of nitrogens with zero attached hydrogens (tertiary/aromatic N) is 2. The van der Waals surface area contributed by atoms with Crippen LogP contribution in [0.4, 0.5) is 15.8 Å². The summed E-state index contributed by atoms with van der Waals surface area (Å²) in [5, 5.41) is 0.0491. The summed E-state index contributed by atoms with van der Waals surface area (Å²) in [6, 6.07) is 11.3. The molecule has 2 aromatic carbocycles. The van der Waals surface area contributed by atoms with Crippen molar-refractivity contribution in [2.75, 3.05) is 0 Å². The summed E-state index contributed by atoms with van der Waals surface area (Å²) >= 11 is 5.65. The largest absolute Gasteiger partial charge is 0.256 e. The number of hydrogen-bond acceptors (Lipinski definition) is 1. The summed E-state index contributed by atoms with van der Waals surface area (Å²) in [5.74, 6) is -0.461. The molecule has 0 aromatic heterocycles. The fourth-order valence-electron chi connectivity index (χ4n) is 1.35. The maximum Gasteiger partial charge on any atom is 0.187 e. The summed E-state index contributed by atoms with van der Waals surface area (Å²) in [6.07, 6.45) is 1.64. The van der Waals surface area contributed by atoms with Gasteiger partial charge in [0.05, 0.1) is 17.3 Å². The molecular formula is C14H8ClFN2. The van der Waals surface area contributed by atoms with Gasteiger partial charge in [-0.2, -0.15) is 0 Å². The van der Waals surface area contributed by atoms with E-state index in [9.17, 15) is 4.39 Å². The SMILES string of the molecule is [C-]#[N+]c1ccc(C=Nc2ccc(F)c(Cl)c2)cc1. The van der Waals surface area contributed by atoms with Crippen molar-refractivity contribution in [2.45, 2.75) is 0 Å². The van der Waals surface area contributed by atoms with E-state index >= 15 is 0 Å². The van der Waals surface area contributed by atoms with Gasteiger partial charge >= 0.3 is 0 Å². The van der Waals surface area contributed by atoms with E-state index in [2.05, 4.69) is 9.84 Å². The van der Waals surface area contributed by atoms with Gasteiger partial charge in [0.2, 0.25) is 0 Å². The molecule has 88 valence electrons. The van der Waals surface area contributed by atoms with Crippen LogP contribution in [-0.4, -0.2) is 6.21 Å². The molecule has 0 aliphatic carbocycles. The molecule has 2 aromatic rings. The van der Waals surface area contributed by atoms with Gasteiger partial charge in [-0.3, -0.25) is 4.99 Å². The molecule has 4 heteroatoms. The van der Waals surface area contributed by atoms with Gasteiger partial charge < -0.3 is 0 Å². The summed E-state index contributed by atoms with van der Waals surface area (Å²) < 4.78 is 12.9. The molecule has 0 atom stereocenters. The summed E-state index contributed by atoms with van der Waals surface area (Å²) in [5.41, 5.74) is 2.02. The van der Waals surface area contributed by atoms with Crippen LogP contribution in [0.3, 0.4) is 0 Å². The van der Waals surface area contributed by atoms with Gasteiger partial charge in [-0.05, 0) is 23.8 Å². The molecule has 0 saturated heterocycles. The molecule has 0 spiro atoms. The summed E-state index contributed by atoms with van der Waals surface area (Å²) in [4.78, 5) is 7.48. The van der Waals surface area contributed by atoms with E-state index in [1.165, 1.54) is 12.1 Å². The van der Waals surface area contributed by atoms with Crippen LogP contribution in [0.25, 0.3) is 4.85 Å². The molecule has 0 saturated carbocycles. The molecule has 0 unspecified atom stereocenters. The fourth-order valence-corrected chi connectivity index (χ4v) is 1.52. The van der Waals surface area contributed by atoms with E-state index in [1.807, 2.05) is 0 Å². The van der Waals surface area contributed by atoms with E-state index in [0.29, 0.717) is 11.4 Å². The third kappa shape index (κ3) is 2.93. The molecule has 0 aliphatic rings. The summed E-state index contributed by atoms with van der Waals surface area (Å²) in [6.45, 7) is 6.84. The monoisotopic (exact) mass is 258 g/mol. The first-order chi connectivity index (χ1) is 8.69. The molecule has 0 amide bonds. The molecule has 0 radical (unpaired) electrons. The molecule has 2 nitrogen and oxygen atoms in total. The van der Waals surface area contributed by atoms with Gasteiger partial charge in [-0.1, -0.05) is 35.9 Å². The predicted molar refractivity (Wildman–Crippen MR) is 71.4 cm³/mol. The minimum absolute atomic E-state index is 0.0491. The van der Waals surface area contributed by atoms with Crippen LogP contribution in [0.5, 0.6) is 0 Å². The Bertz CT molecular complexity index is 627. The lowest BCUT2D eigenvalue weighted by molar-refractivity contribution is 0.628. The molecule has 0 bridgehead atoms. The first-order valence-electron chi connectivity index (χ1n) is 5.16. The highest BCUT2D eigenvalue weighted by Gasteiger charge is 1.99. The van der Waals surface area contributed by atoms with Crippen molar-refractivity contribution in [2.24, 2.45) is 4.99 Å². The van der Waals surface area contributed by atoms with Crippen LogP contribution in [-0.2, 0) is 0 Å². The van der Waals surface area contributed by atoms with E-state index < -0.39 is 5.82 Å². The third-order valence-corrected chi connectivity index (χ3v) is 2.58. The van der Waals surface area contributed by atoms with Gasteiger partial charge in [0, 0.05) is 6.21 Å². The zero-order valence-corrected chi connectivity index (χ0v) is 10.0. The summed E-state index contributed by atoms with van der Waals surface area (Å²) in [7, 11) is 0. The first kappa shape index (κ1) is 12.3. The maximum absolute atomic E-state index is 12.9. The predicted octanol–water partition coefficient (Wildman–Crippen LogP) is 4.78. The molecule has 0 aliphatic heterocycles. The normalized spacial score (nSPS) is 10.5. The standard InChI is InChI=1S/C14H8ClFN2/c1-17-11-4-2-10(3-5-11)9-18-12-6-7-14(16)13(15)8-12/h2-9H. The van der Waals surface area contributed by atoms with Crippen molar-refractivity contribution in [3.63, 3.8) is 0 Å². The first-order valence-corrected chi connectivity index (χ1v) is 5.53. The molecular weight excluding hydrogens is 251 g/mol. The number of hydrogen-bond donors (Lipinski definition) is 0. The quantitative estimate of drug-likeness (QED) is 0.545. The highest BCUT2D eigenvalue weighted by Crippen LogP contribution is 2.21. The number of rotatable bonds is 2. The smallest absolute Gasteiger partial charge is 0.187 e. The Kier molecular flexibility index (Phi) is 3.71.